The van der Waals surface area contributed by atoms with E-state index in [1.54, 1.807) is 0 Å². The fourth-order valence-corrected chi connectivity index (χ4v) is 3.93. The third-order valence-electron chi connectivity index (χ3n) is 5.27. The Morgan fingerprint density at radius 3 is 2.81 bits per heavy atom. The van der Waals surface area contributed by atoms with Crippen LogP contribution >= 0.6 is 0 Å². The van der Waals surface area contributed by atoms with Gasteiger partial charge < -0.3 is 4.74 Å². The van der Waals surface area contributed by atoms with Crippen LogP contribution in [0.5, 0.6) is 0 Å². The van der Waals surface area contributed by atoms with Crippen molar-refractivity contribution in [3.8, 4) is 0 Å². The Hall–Kier alpha value is -1.12. The van der Waals surface area contributed by atoms with Crippen molar-refractivity contribution in [2.24, 2.45) is 17.8 Å². The molecular weight excluding hydrogens is 270 g/mol. The summed E-state index contributed by atoms with van der Waals surface area (Å²) in [6, 6.07) is 0. The van der Waals surface area contributed by atoms with Gasteiger partial charge in [-0.3, -0.25) is 0 Å². The standard InChI is InChI=1S/C18H24F2O/c1-12-3-2-4-13(6-5-12)15-9-14-7-8-16(19)10-17(20)18(14)21-11-15/h8,10,12-13,15H,2-7,9,11H2,1H3. The molecule has 0 aromatic carbocycles. The molecular formula is C18H24F2O. The van der Waals surface area contributed by atoms with E-state index in [4.69, 9.17) is 4.74 Å². The average Bonchev–Trinajstić information content (AvgIpc) is 2.76. The van der Waals surface area contributed by atoms with Crippen molar-refractivity contribution < 1.29 is 13.5 Å². The number of rotatable bonds is 1. The summed E-state index contributed by atoms with van der Waals surface area (Å²) >= 11 is 0. The lowest BCUT2D eigenvalue weighted by atomic mass is 9.80. The Bertz CT molecular complexity index is 489. The van der Waals surface area contributed by atoms with Crippen LogP contribution in [-0.2, 0) is 4.74 Å². The molecule has 3 rings (SSSR count). The maximum atomic E-state index is 13.9. The molecule has 1 heterocycles. The molecule has 3 atom stereocenters. The monoisotopic (exact) mass is 294 g/mol. The second-order valence-corrected chi connectivity index (χ2v) is 6.87. The summed E-state index contributed by atoms with van der Waals surface area (Å²) in [5.41, 5.74) is 0.935. The second kappa shape index (κ2) is 6.33. The smallest absolute Gasteiger partial charge is 0.167 e. The van der Waals surface area contributed by atoms with E-state index in [0.29, 0.717) is 30.6 Å². The number of ether oxygens (including phenoxy) is 1. The Morgan fingerprint density at radius 1 is 1.10 bits per heavy atom. The summed E-state index contributed by atoms with van der Waals surface area (Å²) in [5, 5.41) is 0. The predicted molar refractivity (Wildman–Crippen MR) is 79.8 cm³/mol. The molecule has 0 aromatic heterocycles. The van der Waals surface area contributed by atoms with Crippen molar-refractivity contribution in [2.75, 3.05) is 6.61 Å². The highest BCUT2D eigenvalue weighted by molar-refractivity contribution is 5.36. The molecule has 0 N–H and O–H groups in total. The van der Waals surface area contributed by atoms with E-state index in [0.717, 1.165) is 24.0 Å². The van der Waals surface area contributed by atoms with Gasteiger partial charge in [0.05, 0.1) is 6.61 Å². The van der Waals surface area contributed by atoms with Crippen LogP contribution in [0.3, 0.4) is 0 Å². The lowest BCUT2D eigenvalue weighted by molar-refractivity contribution is 0.0986. The van der Waals surface area contributed by atoms with Crippen LogP contribution in [0.15, 0.2) is 35.1 Å². The average molecular weight is 294 g/mol. The van der Waals surface area contributed by atoms with Gasteiger partial charge in [0.15, 0.2) is 11.6 Å². The third-order valence-corrected chi connectivity index (χ3v) is 5.27. The van der Waals surface area contributed by atoms with Crippen LogP contribution < -0.4 is 0 Å². The number of hydrogen-bond acceptors (Lipinski definition) is 1. The highest BCUT2D eigenvalue weighted by Gasteiger charge is 2.31. The maximum absolute atomic E-state index is 13.9. The highest BCUT2D eigenvalue weighted by atomic mass is 19.1. The normalized spacial score (nSPS) is 34.1. The van der Waals surface area contributed by atoms with Crippen molar-refractivity contribution >= 4 is 0 Å². The van der Waals surface area contributed by atoms with Crippen LogP contribution in [0.4, 0.5) is 8.78 Å². The zero-order chi connectivity index (χ0) is 14.8. The lowest BCUT2D eigenvalue weighted by Crippen LogP contribution is -2.25. The van der Waals surface area contributed by atoms with Crippen LogP contribution in [0, 0.1) is 17.8 Å². The van der Waals surface area contributed by atoms with Gasteiger partial charge in [0.1, 0.15) is 5.83 Å². The van der Waals surface area contributed by atoms with Gasteiger partial charge in [0, 0.05) is 6.08 Å². The molecule has 0 aromatic rings. The molecule has 0 bridgehead atoms. The summed E-state index contributed by atoms with van der Waals surface area (Å²) in [6.45, 7) is 2.92. The predicted octanol–water partition coefficient (Wildman–Crippen LogP) is 5.60. The van der Waals surface area contributed by atoms with E-state index < -0.39 is 11.7 Å². The second-order valence-electron chi connectivity index (χ2n) is 6.87. The van der Waals surface area contributed by atoms with Gasteiger partial charge in [-0.2, -0.15) is 0 Å². The van der Waals surface area contributed by atoms with Crippen molar-refractivity contribution in [3.05, 3.63) is 35.1 Å². The maximum Gasteiger partial charge on any atom is 0.167 e. The van der Waals surface area contributed by atoms with Gasteiger partial charge in [-0.15, -0.1) is 0 Å². The molecule has 1 fully saturated rings. The molecule has 0 saturated heterocycles. The molecule has 0 amide bonds. The minimum absolute atomic E-state index is 0.303. The van der Waals surface area contributed by atoms with Crippen LogP contribution in [0.2, 0.25) is 0 Å². The van der Waals surface area contributed by atoms with Crippen molar-refractivity contribution in [3.63, 3.8) is 0 Å². The first kappa shape index (κ1) is 14.8. The molecule has 0 radical (unpaired) electrons. The zero-order valence-corrected chi connectivity index (χ0v) is 12.7. The van der Waals surface area contributed by atoms with Crippen molar-refractivity contribution in [1.82, 2.24) is 0 Å². The topological polar surface area (TPSA) is 9.23 Å². The van der Waals surface area contributed by atoms with Crippen LogP contribution in [0.1, 0.15) is 51.9 Å². The van der Waals surface area contributed by atoms with E-state index >= 15 is 0 Å². The summed E-state index contributed by atoms with van der Waals surface area (Å²) in [7, 11) is 0. The van der Waals surface area contributed by atoms with Gasteiger partial charge in [0.2, 0.25) is 0 Å². The largest absolute Gasteiger partial charge is 0.490 e. The van der Waals surface area contributed by atoms with Gasteiger partial charge in [-0.1, -0.05) is 32.6 Å². The summed E-state index contributed by atoms with van der Waals surface area (Å²) < 4.78 is 32.9. The van der Waals surface area contributed by atoms with E-state index in [1.807, 2.05) is 0 Å². The molecule has 3 unspecified atom stereocenters. The zero-order valence-electron chi connectivity index (χ0n) is 12.7. The van der Waals surface area contributed by atoms with E-state index in [2.05, 4.69) is 6.92 Å². The Balaban J connectivity index is 1.71. The Labute approximate surface area is 125 Å². The number of halogens is 2. The summed E-state index contributed by atoms with van der Waals surface area (Å²) in [5.74, 6) is 1.22. The van der Waals surface area contributed by atoms with Gasteiger partial charge in [0.25, 0.3) is 0 Å². The molecule has 1 nitrogen and oxygen atoms in total. The molecule has 116 valence electrons. The highest BCUT2D eigenvalue weighted by Crippen LogP contribution is 2.41. The molecule has 3 heteroatoms. The van der Waals surface area contributed by atoms with Gasteiger partial charge >= 0.3 is 0 Å². The first-order valence-corrected chi connectivity index (χ1v) is 8.21. The summed E-state index contributed by atoms with van der Waals surface area (Å²) in [4.78, 5) is 0. The van der Waals surface area contributed by atoms with Gasteiger partial charge in [-0.25, -0.2) is 8.78 Å². The minimum atomic E-state index is -0.552. The lowest BCUT2D eigenvalue weighted by Gasteiger charge is -2.32. The molecule has 21 heavy (non-hydrogen) atoms. The first-order valence-electron chi connectivity index (χ1n) is 8.21. The Kier molecular flexibility index (Phi) is 4.46. The first-order chi connectivity index (χ1) is 10.1. The number of hydrogen-bond donors (Lipinski definition) is 0. The molecule has 1 saturated carbocycles. The van der Waals surface area contributed by atoms with Gasteiger partial charge in [-0.05, 0) is 48.7 Å². The molecule has 1 aliphatic heterocycles. The fourth-order valence-electron chi connectivity index (χ4n) is 3.93. The third kappa shape index (κ3) is 3.38. The fraction of sp³-hybridized carbons (Fsp3) is 0.667. The Morgan fingerprint density at radius 2 is 1.95 bits per heavy atom. The van der Waals surface area contributed by atoms with Crippen LogP contribution in [-0.4, -0.2) is 6.61 Å². The van der Waals surface area contributed by atoms with E-state index in [-0.39, 0.29) is 0 Å². The van der Waals surface area contributed by atoms with Crippen LogP contribution in [0.25, 0.3) is 0 Å². The summed E-state index contributed by atoms with van der Waals surface area (Å²) in [6.07, 6.45) is 10.1. The molecule has 2 aliphatic carbocycles. The van der Waals surface area contributed by atoms with Crippen molar-refractivity contribution in [2.45, 2.75) is 51.9 Å². The number of allylic oxidation sites excluding steroid dienone is 5. The molecule has 3 aliphatic rings. The molecule has 0 spiro atoms. The van der Waals surface area contributed by atoms with Crippen molar-refractivity contribution in [1.29, 1.82) is 0 Å². The van der Waals surface area contributed by atoms with E-state index in [9.17, 15) is 8.78 Å². The quantitative estimate of drug-likeness (QED) is 0.572. The SMILES string of the molecule is CC1CCCC(C2COC3=C(CC=C(F)C=C3F)C2)CC1. The minimum Gasteiger partial charge on any atom is -0.490 e. The van der Waals surface area contributed by atoms with E-state index in [1.165, 1.54) is 38.2 Å².